The molecule has 0 bridgehead atoms. The summed E-state index contributed by atoms with van der Waals surface area (Å²) in [5.74, 6) is 0. The summed E-state index contributed by atoms with van der Waals surface area (Å²) in [5.41, 5.74) is 16.6. The Morgan fingerprint density at radius 3 is 1.71 bits per heavy atom. The first-order valence-electron chi connectivity index (χ1n) is 23.2. The Labute approximate surface area is 391 Å². The molecule has 14 rings (SSSR count). The lowest BCUT2D eigenvalue weighted by Crippen LogP contribution is -2.11. The molecule has 0 saturated heterocycles. The predicted molar refractivity (Wildman–Crippen MR) is 284 cm³/mol. The van der Waals surface area contributed by atoms with Gasteiger partial charge in [-0.3, -0.25) is 0 Å². The van der Waals surface area contributed by atoms with Gasteiger partial charge in [-0.2, -0.15) is 0 Å². The van der Waals surface area contributed by atoms with Crippen molar-refractivity contribution in [2.45, 2.75) is 0 Å². The minimum Gasteiger partial charge on any atom is -0.456 e. The zero-order chi connectivity index (χ0) is 44.7. The van der Waals surface area contributed by atoms with E-state index in [9.17, 15) is 0 Å². The second-order valence-electron chi connectivity index (χ2n) is 17.6. The molecule has 0 radical (unpaired) electrons. The molecule has 0 spiro atoms. The highest BCUT2D eigenvalue weighted by Crippen LogP contribution is 2.48. The van der Waals surface area contributed by atoms with E-state index in [1.165, 1.54) is 38.1 Å². The Morgan fingerprint density at radius 2 is 0.926 bits per heavy atom. The van der Waals surface area contributed by atoms with Gasteiger partial charge in [-0.1, -0.05) is 164 Å². The molecule has 3 aromatic heterocycles. The lowest BCUT2D eigenvalue weighted by atomic mass is 9.96. The fourth-order valence-corrected chi connectivity index (χ4v) is 10.7. The van der Waals surface area contributed by atoms with Gasteiger partial charge in [0.15, 0.2) is 0 Å². The molecule has 0 aliphatic rings. The highest BCUT2D eigenvalue weighted by atomic mass is 16.3. The van der Waals surface area contributed by atoms with Crippen molar-refractivity contribution >= 4 is 93.5 Å². The van der Waals surface area contributed by atoms with Crippen molar-refractivity contribution in [3.63, 3.8) is 0 Å². The summed E-state index contributed by atoms with van der Waals surface area (Å²) >= 11 is 0. The van der Waals surface area contributed by atoms with Crippen LogP contribution in [0.5, 0.6) is 0 Å². The number of hydrogen-bond donors (Lipinski definition) is 0. The SMILES string of the molecule is c1cc(-c2cccc3oc4ccccc4c23)cc(N(c2ccc(-c3cccc4ccccc34)cc2)c2ccc3c(oc4ccccc43)c2-c2ccc(-n3c4ccccc4c4ccccc43)cc2)c1. The van der Waals surface area contributed by atoms with E-state index in [0.29, 0.717) is 0 Å². The van der Waals surface area contributed by atoms with Gasteiger partial charge in [-0.15, -0.1) is 0 Å². The highest BCUT2D eigenvalue weighted by molar-refractivity contribution is 6.15. The van der Waals surface area contributed by atoms with Crippen LogP contribution in [0.15, 0.2) is 251 Å². The summed E-state index contributed by atoms with van der Waals surface area (Å²) in [6, 6.07) is 87.0. The van der Waals surface area contributed by atoms with Crippen molar-refractivity contribution < 1.29 is 8.83 Å². The minimum atomic E-state index is 0.844. The van der Waals surface area contributed by atoms with Crippen LogP contribution < -0.4 is 4.90 Å². The molecule has 3 heterocycles. The van der Waals surface area contributed by atoms with Crippen LogP contribution in [0.1, 0.15) is 0 Å². The number of rotatable bonds is 7. The summed E-state index contributed by atoms with van der Waals surface area (Å²) in [7, 11) is 0. The predicted octanol–water partition coefficient (Wildman–Crippen LogP) is 18.2. The van der Waals surface area contributed by atoms with E-state index in [1.807, 2.05) is 18.2 Å². The fraction of sp³-hybridized carbons (Fsp3) is 0. The third-order valence-corrected chi connectivity index (χ3v) is 13.8. The van der Waals surface area contributed by atoms with Gasteiger partial charge in [-0.25, -0.2) is 0 Å². The summed E-state index contributed by atoms with van der Waals surface area (Å²) in [5, 5.41) is 9.31. The van der Waals surface area contributed by atoms with Crippen LogP contribution in [-0.4, -0.2) is 4.57 Å². The first-order chi connectivity index (χ1) is 33.7. The van der Waals surface area contributed by atoms with Crippen molar-refractivity contribution in [2.75, 3.05) is 4.90 Å². The molecule has 318 valence electrons. The smallest absolute Gasteiger partial charge is 0.145 e. The van der Waals surface area contributed by atoms with Crippen LogP contribution in [0.2, 0.25) is 0 Å². The van der Waals surface area contributed by atoms with E-state index >= 15 is 0 Å². The molecule has 14 aromatic rings. The number of hydrogen-bond acceptors (Lipinski definition) is 3. The maximum absolute atomic E-state index is 6.97. The fourth-order valence-electron chi connectivity index (χ4n) is 10.7. The van der Waals surface area contributed by atoms with Crippen molar-refractivity contribution in [2.24, 2.45) is 0 Å². The van der Waals surface area contributed by atoms with Crippen molar-refractivity contribution in [1.29, 1.82) is 0 Å². The standard InChI is InChI=1S/C64H40N2O2/c1-2-18-48-41(14-1)15-12-23-49(48)42-30-34-45(35-31-42)65(47-17-11-16-44(40-47)50-24-13-29-61-63(50)55-22-6-10-28-60(55)67-61)58-39-38-54-53-21-5-9-27-59(53)68-64(54)62(58)43-32-36-46(37-33-43)66-56-25-7-3-19-51(56)52-20-4-8-26-57(52)66/h1-40H. The average Bonchev–Trinajstić information content (AvgIpc) is 4.09. The van der Waals surface area contributed by atoms with Gasteiger partial charge in [-0.05, 0) is 117 Å². The first-order valence-corrected chi connectivity index (χ1v) is 23.2. The van der Waals surface area contributed by atoms with Crippen LogP contribution >= 0.6 is 0 Å². The zero-order valence-electron chi connectivity index (χ0n) is 36.8. The van der Waals surface area contributed by atoms with Gasteiger partial charge in [0.05, 0.1) is 16.7 Å². The summed E-state index contributed by atoms with van der Waals surface area (Å²) in [6.07, 6.45) is 0. The van der Waals surface area contributed by atoms with E-state index in [1.54, 1.807) is 0 Å². The van der Waals surface area contributed by atoms with E-state index in [4.69, 9.17) is 8.83 Å². The number of anilines is 3. The van der Waals surface area contributed by atoms with Gasteiger partial charge >= 0.3 is 0 Å². The first kappa shape index (κ1) is 38.2. The molecule has 0 amide bonds. The third-order valence-electron chi connectivity index (χ3n) is 13.8. The quantitative estimate of drug-likeness (QED) is 0.160. The molecule has 0 aliphatic heterocycles. The minimum absolute atomic E-state index is 0.844. The van der Waals surface area contributed by atoms with Crippen LogP contribution in [0.25, 0.3) is 116 Å². The van der Waals surface area contributed by atoms with E-state index in [-0.39, 0.29) is 0 Å². The Balaban J connectivity index is 0.996. The molecule has 0 N–H and O–H groups in total. The van der Waals surface area contributed by atoms with Gasteiger partial charge in [0.2, 0.25) is 0 Å². The van der Waals surface area contributed by atoms with E-state index in [0.717, 1.165) is 94.4 Å². The lowest BCUT2D eigenvalue weighted by molar-refractivity contribution is 0.669. The second-order valence-corrected chi connectivity index (χ2v) is 17.6. The molecule has 11 aromatic carbocycles. The Kier molecular flexibility index (Phi) is 8.55. The van der Waals surface area contributed by atoms with Crippen molar-refractivity contribution in [3.8, 4) is 39.1 Å². The van der Waals surface area contributed by atoms with Crippen molar-refractivity contribution in [1.82, 2.24) is 4.57 Å². The molecule has 0 atom stereocenters. The number of furan rings is 2. The molecule has 0 aliphatic carbocycles. The van der Waals surface area contributed by atoms with Crippen LogP contribution in [0, 0.1) is 0 Å². The molecular weight excluding hydrogens is 829 g/mol. The van der Waals surface area contributed by atoms with Crippen molar-refractivity contribution in [3.05, 3.63) is 243 Å². The number of fused-ring (bicyclic) bond motifs is 10. The Morgan fingerprint density at radius 1 is 0.338 bits per heavy atom. The van der Waals surface area contributed by atoms with Gasteiger partial charge < -0.3 is 18.3 Å². The average molecular weight is 869 g/mol. The van der Waals surface area contributed by atoms with Gasteiger partial charge in [0.1, 0.15) is 22.3 Å². The number of nitrogens with zero attached hydrogens (tertiary/aromatic N) is 2. The summed E-state index contributed by atoms with van der Waals surface area (Å²) in [6.45, 7) is 0. The molecule has 68 heavy (non-hydrogen) atoms. The Hall–Kier alpha value is -9.12. The third kappa shape index (κ3) is 5.94. The summed E-state index contributed by atoms with van der Waals surface area (Å²) in [4.78, 5) is 2.40. The number of para-hydroxylation sites is 4. The molecule has 4 nitrogen and oxygen atoms in total. The maximum atomic E-state index is 6.97. The number of benzene rings is 11. The summed E-state index contributed by atoms with van der Waals surface area (Å²) < 4.78 is 15.7. The zero-order valence-corrected chi connectivity index (χ0v) is 36.8. The lowest BCUT2D eigenvalue weighted by Gasteiger charge is -2.29. The van der Waals surface area contributed by atoms with Crippen LogP contribution in [0.4, 0.5) is 17.1 Å². The normalized spacial score (nSPS) is 11.8. The molecule has 4 heteroatoms. The second kappa shape index (κ2) is 15.2. The highest BCUT2D eigenvalue weighted by Gasteiger charge is 2.24. The Bertz CT molecular complexity index is 4210. The van der Waals surface area contributed by atoms with E-state index in [2.05, 4.69) is 234 Å². The van der Waals surface area contributed by atoms with Gasteiger partial charge in [0, 0.05) is 54.9 Å². The molecule has 0 saturated carbocycles. The number of aromatic nitrogens is 1. The van der Waals surface area contributed by atoms with Crippen LogP contribution in [0.3, 0.4) is 0 Å². The molecule has 0 fully saturated rings. The van der Waals surface area contributed by atoms with Gasteiger partial charge in [0.25, 0.3) is 0 Å². The molecule has 0 unspecified atom stereocenters. The molecular formula is C64H40N2O2. The monoisotopic (exact) mass is 868 g/mol. The van der Waals surface area contributed by atoms with E-state index < -0.39 is 0 Å². The topological polar surface area (TPSA) is 34.5 Å². The maximum Gasteiger partial charge on any atom is 0.145 e. The van der Waals surface area contributed by atoms with Crippen LogP contribution in [-0.2, 0) is 0 Å². The largest absolute Gasteiger partial charge is 0.456 e.